The first kappa shape index (κ1) is 8.38. The highest BCUT2D eigenvalue weighted by Crippen LogP contribution is 2.15. The van der Waals surface area contributed by atoms with E-state index in [0.29, 0.717) is 0 Å². The topological polar surface area (TPSA) is 25.8 Å². The number of fused-ring (bicyclic) bond motifs is 1. The second-order valence-corrected chi connectivity index (χ2v) is 4.32. The summed E-state index contributed by atoms with van der Waals surface area (Å²) >= 11 is 6.91. The maximum absolute atomic E-state index is 3.94. The van der Waals surface area contributed by atoms with Gasteiger partial charge in [0.1, 0.15) is 4.60 Å². The zero-order chi connectivity index (χ0) is 8.55. The fraction of sp³-hybridized carbons (Fsp3) is 0.250. The van der Waals surface area contributed by atoms with Crippen molar-refractivity contribution >= 4 is 42.4 Å². The van der Waals surface area contributed by atoms with Gasteiger partial charge in [0.15, 0.2) is 0 Å². The van der Waals surface area contributed by atoms with Gasteiger partial charge in [-0.25, -0.2) is 0 Å². The predicted octanol–water partition coefficient (Wildman–Crippen LogP) is 1.32. The van der Waals surface area contributed by atoms with Crippen LogP contribution in [0.1, 0.15) is 12.8 Å². The number of aromatic nitrogens is 2. The van der Waals surface area contributed by atoms with E-state index in [-0.39, 0.29) is 0 Å². The van der Waals surface area contributed by atoms with Gasteiger partial charge in [-0.1, -0.05) is 22.0 Å². The Hall–Kier alpha value is -0.220. The third-order valence-electron chi connectivity index (χ3n) is 1.84. The molecule has 1 aromatic rings. The van der Waals surface area contributed by atoms with E-state index in [1.807, 2.05) is 0 Å². The van der Waals surface area contributed by atoms with Gasteiger partial charge < -0.3 is 0 Å². The Bertz CT molecular complexity index is 425. The van der Waals surface area contributed by atoms with Crippen LogP contribution in [0.3, 0.4) is 0 Å². The number of hydrogen-bond acceptors (Lipinski definition) is 2. The minimum atomic E-state index is 0.822. The molecule has 0 saturated carbocycles. The molecule has 0 fully saturated rings. The summed E-state index contributed by atoms with van der Waals surface area (Å²) in [5, 5.41) is 10.1. The fourth-order valence-electron chi connectivity index (χ4n) is 1.28. The van der Waals surface area contributed by atoms with Crippen molar-refractivity contribution in [2.75, 3.05) is 0 Å². The highest BCUT2D eigenvalue weighted by molar-refractivity contribution is 9.15. The summed E-state index contributed by atoms with van der Waals surface area (Å²) in [4.78, 5) is 0. The Labute approximate surface area is 86.6 Å². The monoisotopic (exact) mass is 288 g/mol. The summed E-state index contributed by atoms with van der Waals surface area (Å²) in [6.45, 7) is 0. The summed E-state index contributed by atoms with van der Waals surface area (Å²) in [5.74, 6) is 0. The molecular formula is C8H6Br2N2. The zero-order valence-corrected chi connectivity index (χ0v) is 9.39. The first-order valence-electron chi connectivity index (χ1n) is 3.65. The van der Waals surface area contributed by atoms with Crippen LogP contribution in [0.4, 0.5) is 0 Å². The molecular weight excluding hydrogens is 284 g/mol. The lowest BCUT2D eigenvalue weighted by atomic mass is 10.1. The minimum Gasteiger partial charge on any atom is -0.157 e. The predicted molar refractivity (Wildman–Crippen MR) is 55.0 cm³/mol. The quantitative estimate of drug-likeness (QED) is 0.720. The average Bonchev–Trinajstić information content (AvgIpc) is 2.04. The van der Waals surface area contributed by atoms with E-state index >= 15 is 0 Å². The zero-order valence-electron chi connectivity index (χ0n) is 6.22. The molecule has 4 heteroatoms. The lowest BCUT2D eigenvalue weighted by Gasteiger charge is -2.04. The molecule has 0 amide bonds. The Morgan fingerprint density at radius 3 is 2.92 bits per heavy atom. The third-order valence-corrected chi connectivity index (χ3v) is 3.18. The Balaban J connectivity index is 2.95. The van der Waals surface area contributed by atoms with Gasteiger partial charge >= 0.3 is 0 Å². The molecule has 0 radical (unpaired) electrons. The largest absolute Gasteiger partial charge is 0.157 e. The Kier molecular flexibility index (Phi) is 2.28. The highest BCUT2D eigenvalue weighted by Gasteiger charge is 2.04. The summed E-state index contributed by atoms with van der Waals surface area (Å²) in [5.41, 5.74) is 0. The number of hydrogen-bond donors (Lipinski definition) is 0. The molecule has 1 aliphatic rings. The molecule has 0 atom stereocenters. The summed E-state index contributed by atoms with van der Waals surface area (Å²) in [7, 11) is 0. The molecule has 0 saturated heterocycles. The van der Waals surface area contributed by atoms with Crippen LogP contribution in [0.5, 0.6) is 0 Å². The summed E-state index contributed by atoms with van der Waals surface area (Å²) < 4.78 is 2.03. The second kappa shape index (κ2) is 3.26. The first-order valence-corrected chi connectivity index (χ1v) is 5.23. The number of nitrogens with zero attached hydrogens (tertiary/aromatic N) is 2. The van der Waals surface area contributed by atoms with Crippen molar-refractivity contribution < 1.29 is 0 Å². The Morgan fingerprint density at radius 1 is 1.33 bits per heavy atom. The van der Waals surface area contributed by atoms with Gasteiger partial charge in [0, 0.05) is 14.9 Å². The van der Waals surface area contributed by atoms with E-state index in [4.69, 9.17) is 0 Å². The van der Waals surface area contributed by atoms with Crippen molar-refractivity contribution in [1.29, 1.82) is 0 Å². The standard InChI is InChI=1S/C8H6Br2N2/c9-6-3-1-2-5-4-11-12-8(10)7(5)6/h2,4H,1,3H2. The van der Waals surface area contributed by atoms with Crippen LogP contribution in [-0.4, -0.2) is 10.2 Å². The molecule has 2 nitrogen and oxygen atoms in total. The van der Waals surface area contributed by atoms with Crippen molar-refractivity contribution in [3.05, 3.63) is 21.2 Å². The molecule has 1 aliphatic carbocycles. The molecule has 12 heavy (non-hydrogen) atoms. The van der Waals surface area contributed by atoms with E-state index in [1.54, 1.807) is 6.20 Å². The van der Waals surface area contributed by atoms with Crippen molar-refractivity contribution in [3.8, 4) is 0 Å². The number of rotatable bonds is 0. The first-order chi connectivity index (χ1) is 5.79. The smallest absolute Gasteiger partial charge is 0.137 e. The van der Waals surface area contributed by atoms with Crippen LogP contribution >= 0.6 is 31.9 Å². The van der Waals surface area contributed by atoms with Gasteiger partial charge in [-0.3, -0.25) is 0 Å². The van der Waals surface area contributed by atoms with Crippen molar-refractivity contribution in [2.24, 2.45) is 0 Å². The maximum Gasteiger partial charge on any atom is 0.137 e. The van der Waals surface area contributed by atoms with Crippen LogP contribution < -0.4 is 10.4 Å². The van der Waals surface area contributed by atoms with Crippen LogP contribution in [0.2, 0.25) is 0 Å². The molecule has 0 unspecified atom stereocenters. The molecule has 62 valence electrons. The third kappa shape index (κ3) is 1.33. The maximum atomic E-state index is 3.94. The van der Waals surface area contributed by atoms with Gasteiger partial charge in [0.2, 0.25) is 0 Å². The molecule has 0 aromatic carbocycles. The van der Waals surface area contributed by atoms with Gasteiger partial charge in [-0.15, -0.1) is 5.10 Å². The van der Waals surface area contributed by atoms with Crippen molar-refractivity contribution in [1.82, 2.24) is 10.2 Å². The van der Waals surface area contributed by atoms with E-state index in [0.717, 1.165) is 27.9 Å². The van der Waals surface area contributed by atoms with Crippen LogP contribution in [0, 0.1) is 0 Å². The van der Waals surface area contributed by atoms with Gasteiger partial charge in [0.25, 0.3) is 0 Å². The molecule has 0 aliphatic heterocycles. The lowest BCUT2D eigenvalue weighted by molar-refractivity contribution is 0.961. The van der Waals surface area contributed by atoms with Crippen LogP contribution in [-0.2, 0) is 0 Å². The summed E-state index contributed by atoms with van der Waals surface area (Å²) in [6.07, 6.45) is 6.10. The fourth-order valence-corrected chi connectivity index (χ4v) is 2.75. The SMILES string of the molecule is BrC1=c2c(Br)nncc2=CCC1. The van der Waals surface area contributed by atoms with E-state index in [2.05, 4.69) is 48.1 Å². The van der Waals surface area contributed by atoms with Crippen molar-refractivity contribution in [2.45, 2.75) is 12.8 Å². The van der Waals surface area contributed by atoms with Crippen LogP contribution in [0.25, 0.3) is 10.6 Å². The molecule has 1 aromatic heterocycles. The van der Waals surface area contributed by atoms with E-state index in [9.17, 15) is 0 Å². The van der Waals surface area contributed by atoms with E-state index in [1.165, 1.54) is 4.48 Å². The molecule has 0 bridgehead atoms. The summed E-state index contributed by atoms with van der Waals surface area (Å²) in [6, 6.07) is 0. The minimum absolute atomic E-state index is 0.822. The molecule has 2 rings (SSSR count). The number of halogens is 2. The normalized spacial score (nSPS) is 15.3. The lowest BCUT2D eigenvalue weighted by Crippen LogP contribution is -2.31. The van der Waals surface area contributed by atoms with E-state index < -0.39 is 0 Å². The van der Waals surface area contributed by atoms with Crippen molar-refractivity contribution in [3.63, 3.8) is 0 Å². The molecule has 0 spiro atoms. The average molecular weight is 290 g/mol. The molecule has 1 heterocycles. The second-order valence-electron chi connectivity index (χ2n) is 2.61. The van der Waals surface area contributed by atoms with Gasteiger partial charge in [-0.05, 0) is 28.8 Å². The van der Waals surface area contributed by atoms with Crippen LogP contribution in [0.15, 0.2) is 10.8 Å². The highest BCUT2D eigenvalue weighted by atomic mass is 79.9. The Morgan fingerprint density at radius 2 is 2.17 bits per heavy atom. The van der Waals surface area contributed by atoms with Gasteiger partial charge in [-0.2, -0.15) is 5.10 Å². The van der Waals surface area contributed by atoms with Gasteiger partial charge in [0.05, 0.1) is 6.20 Å². The molecule has 0 N–H and O–H groups in total.